The van der Waals surface area contributed by atoms with Gasteiger partial charge in [0, 0.05) is 6.04 Å². The van der Waals surface area contributed by atoms with Crippen LogP contribution in [-0.4, -0.2) is 12.6 Å². The summed E-state index contributed by atoms with van der Waals surface area (Å²) in [5.41, 5.74) is 0.640. The van der Waals surface area contributed by atoms with E-state index in [0.29, 0.717) is 18.0 Å². The molecule has 1 aromatic rings. The molecule has 2 rings (SSSR count). The van der Waals surface area contributed by atoms with Gasteiger partial charge in [-0.1, -0.05) is 6.92 Å². The maximum atomic E-state index is 13.7. The summed E-state index contributed by atoms with van der Waals surface area (Å²) >= 11 is 0. The highest BCUT2D eigenvalue weighted by Gasteiger charge is 2.47. The molecule has 0 radical (unpaired) electrons. The van der Waals surface area contributed by atoms with Crippen molar-refractivity contribution in [3.8, 4) is 0 Å². The van der Waals surface area contributed by atoms with Crippen molar-refractivity contribution >= 4 is 0 Å². The third-order valence-electron chi connectivity index (χ3n) is 4.06. The molecular weight excluding hydrogens is 232 g/mol. The molecule has 0 bridgehead atoms. The molecule has 1 nitrogen and oxygen atoms in total. The Morgan fingerprint density at radius 3 is 2.67 bits per heavy atom. The van der Waals surface area contributed by atoms with E-state index in [-0.39, 0.29) is 17.0 Å². The van der Waals surface area contributed by atoms with Crippen LogP contribution in [0.5, 0.6) is 0 Å². The molecule has 0 heterocycles. The molecule has 1 fully saturated rings. The van der Waals surface area contributed by atoms with Crippen LogP contribution in [0.3, 0.4) is 0 Å². The van der Waals surface area contributed by atoms with E-state index in [2.05, 4.69) is 19.2 Å². The molecule has 18 heavy (non-hydrogen) atoms. The highest BCUT2D eigenvalue weighted by Crippen LogP contribution is 2.51. The number of nitrogens with one attached hydrogen (secondary N) is 1. The summed E-state index contributed by atoms with van der Waals surface area (Å²) in [6, 6.07) is 4.10. The molecule has 0 aliphatic heterocycles. The van der Waals surface area contributed by atoms with Crippen LogP contribution in [0.15, 0.2) is 18.2 Å². The smallest absolute Gasteiger partial charge is 0.126 e. The predicted molar refractivity (Wildman–Crippen MR) is 69.5 cm³/mol. The van der Waals surface area contributed by atoms with E-state index >= 15 is 0 Å². The molecule has 1 aliphatic rings. The quantitative estimate of drug-likeness (QED) is 0.815. The first-order chi connectivity index (χ1) is 8.57. The SMILES string of the molecule is CCCNC(C)C1(Cc2cc(F)ccc2F)CC1. The molecule has 1 atom stereocenters. The van der Waals surface area contributed by atoms with Gasteiger partial charge in [-0.05, 0) is 68.3 Å². The predicted octanol–water partition coefficient (Wildman–Crippen LogP) is 3.68. The standard InChI is InChI=1S/C15H21F2N/c1-3-8-18-11(2)15(6-7-15)10-12-9-13(16)4-5-14(12)17/h4-5,9,11,18H,3,6-8,10H2,1-2H3. The number of halogens is 2. The van der Waals surface area contributed by atoms with Crippen LogP contribution in [0.4, 0.5) is 8.78 Å². The van der Waals surface area contributed by atoms with Crippen molar-refractivity contribution in [2.75, 3.05) is 6.54 Å². The van der Waals surface area contributed by atoms with Gasteiger partial charge < -0.3 is 5.32 Å². The summed E-state index contributed by atoms with van der Waals surface area (Å²) < 4.78 is 26.8. The fraction of sp³-hybridized carbons (Fsp3) is 0.600. The lowest BCUT2D eigenvalue weighted by atomic mass is 9.89. The first-order valence-electron chi connectivity index (χ1n) is 6.75. The van der Waals surface area contributed by atoms with Crippen molar-refractivity contribution in [1.82, 2.24) is 5.32 Å². The van der Waals surface area contributed by atoms with Crippen molar-refractivity contribution in [3.05, 3.63) is 35.4 Å². The van der Waals surface area contributed by atoms with Gasteiger partial charge in [-0.25, -0.2) is 8.78 Å². The van der Waals surface area contributed by atoms with E-state index < -0.39 is 0 Å². The zero-order valence-corrected chi connectivity index (χ0v) is 11.1. The summed E-state index contributed by atoms with van der Waals surface area (Å²) in [5.74, 6) is -0.637. The fourth-order valence-electron chi connectivity index (χ4n) is 2.56. The Hall–Kier alpha value is -0.960. The van der Waals surface area contributed by atoms with Crippen molar-refractivity contribution in [3.63, 3.8) is 0 Å². The van der Waals surface area contributed by atoms with E-state index in [1.54, 1.807) is 0 Å². The van der Waals surface area contributed by atoms with Gasteiger partial charge >= 0.3 is 0 Å². The second-order valence-corrected chi connectivity index (χ2v) is 5.45. The van der Waals surface area contributed by atoms with Gasteiger partial charge in [0.1, 0.15) is 11.6 Å². The van der Waals surface area contributed by atoms with Gasteiger partial charge in [0.05, 0.1) is 0 Å². The third kappa shape index (κ3) is 2.89. The largest absolute Gasteiger partial charge is 0.314 e. The van der Waals surface area contributed by atoms with Crippen molar-refractivity contribution in [1.29, 1.82) is 0 Å². The third-order valence-corrected chi connectivity index (χ3v) is 4.06. The Kier molecular flexibility index (Phi) is 4.00. The monoisotopic (exact) mass is 253 g/mol. The second kappa shape index (κ2) is 5.35. The Morgan fingerprint density at radius 2 is 2.06 bits per heavy atom. The highest BCUT2D eigenvalue weighted by molar-refractivity contribution is 5.23. The second-order valence-electron chi connectivity index (χ2n) is 5.45. The Bertz CT molecular complexity index is 413. The molecule has 0 spiro atoms. The first-order valence-corrected chi connectivity index (χ1v) is 6.75. The van der Waals surface area contributed by atoms with Crippen LogP contribution in [-0.2, 0) is 6.42 Å². The van der Waals surface area contributed by atoms with Gasteiger partial charge in [-0.2, -0.15) is 0 Å². The summed E-state index contributed by atoms with van der Waals surface area (Å²) in [6.07, 6.45) is 3.92. The molecule has 1 unspecified atom stereocenters. The number of hydrogen-bond donors (Lipinski definition) is 1. The first kappa shape index (κ1) is 13.5. The lowest BCUT2D eigenvalue weighted by Gasteiger charge is -2.25. The molecule has 0 saturated heterocycles. The van der Waals surface area contributed by atoms with Gasteiger partial charge in [0.25, 0.3) is 0 Å². The molecule has 3 heteroatoms. The van der Waals surface area contributed by atoms with Gasteiger partial charge in [-0.3, -0.25) is 0 Å². The molecular formula is C15H21F2N. The minimum Gasteiger partial charge on any atom is -0.314 e. The van der Waals surface area contributed by atoms with E-state index in [4.69, 9.17) is 0 Å². The van der Waals surface area contributed by atoms with Crippen LogP contribution in [0, 0.1) is 17.0 Å². The minimum atomic E-state index is -0.351. The lowest BCUT2D eigenvalue weighted by Crippen LogP contribution is -2.36. The van der Waals surface area contributed by atoms with Crippen LogP contribution in [0.2, 0.25) is 0 Å². The molecule has 1 N–H and O–H groups in total. The molecule has 0 aromatic heterocycles. The Labute approximate surface area is 108 Å². The van der Waals surface area contributed by atoms with Crippen molar-refractivity contribution in [2.45, 2.75) is 45.6 Å². The number of hydrogen-bond acceptors (Lipinski definition) is 1. The van der Waals surface area contributed by atoms with Crippen LogP contribution in [0.25, 0.3) is 0 Å². The molecule has 1 aliphatic carbocycles. The molecule has 1 aromatic carbocycles. The van der Waals surface area contributed by atoms with Crippen LogP contribution in [0.1, 0.15) is 38.7 Å². The molecule has 1 saturated carbocycles. The van der Waals surface area contributed by atoms with Crippen LogP contribution < -0.4 is 5.32 Å². The van der Waals surface area contributed by atoms with Gasteiger partial charge in [-0.15, -0.1) is 0 Å². The minimum absolute atomic E-state index is 0.129. The lowest BCUT2D eigenvalue weighted by molar-refractivity contribution is 0.346. The summed E-state index contributed by atoms with van der Waals surface area (Å²) in [4.78, 5) is 0. The zero-order chi connectivity index (χ0) is 13.2. The van der Waals surface area contributed by atoms with Crippen molar-refractivity contribution < 1.29 is 8.78 Å². The maximum Gasteiger partial charge on any atom is 0.126 e. The average Bonchev–Trinajstić information content (AvgIpc) is 3.12. The Morgan fingerprint density at radius 1 is 1.33 bits per heavy atom. The normalized spacial score (nSPS) is 18.7. The molecule has 0 amide bonds. The number of benzene rings is 1. The summed E-state index contributed by atoms with van der Waals surface area (Å²) in [6.45, 7) is 5.26. The van der Waals surface area contributed by atoms with E-state index in [0.717, 1.165) is 25.8 Å². The van der Waals surface area contributed by atoms with E-state index in [1.807, 2.05) is 0 Å². The summed E-state index contributed by atoms with van der Waals surface area (Å²) in [7, 11) is 0. The van der Waals surface area contributed by atoms with Crippen LogP contribution >= 0.6 is 0 Å². The fourth-order valence-corrected chi connectivity index (χ4v) is 2.56. The Balaban J connectivity index is 2.06. The molecule has 100 valence electrons. The number of rotatable bonds is 6. The average molecular weight is 253 g/mol. The van der Waals surface area contributed by atoms with Gasteiger partial charge in [0.2, 0.25) is 0 Å². The van der Waals surface area contributed by atoms with E-state index in [1.165, 1.54) is 18.2 Å². The highest BCUT2D eigenvalue weighted by atomic mass is 19.1. The topological polar surface area (TPSA) is 12.0 Å². The summed E-state index contributed by atoms with van der Waals surface area (Å²) in [5, 5.41) is 3.47. The van der Waals surface area contributed by atoms with Gasteiger partial charge in [0.15, 0.2) is 0 Å². The van der Waals surface area contributed by atoms with E-state index in [9.17, 15) is 8.78 Å². The zero-order valence-electron chi connectivity index (χ0n) is 11.1. The maximum absolute atomic E-state index is 13.7. The van der Waals surface area contributed by atoms with Crippen molar-refractivity contribution in [2.24, 2.45) is 5.41 Å².